The molecular weight excluding hydrogens is 434 g/mol. The Labute approximate surface area is 187 Å². The number of aryl methyl sites for hydroxylation is 1. The van der Waals surface area contributed by atoms with E-state index in [2.05, 4.69) is 15.3 Å². The standard InChI is InChI=1S/C22H22ClN5O4/c1-27-19-18(20(30)26-22(27)31)28(21(25-19)24-11-14-5-3-2-4-6-14)12-16(29)13-32-17-9-7-15(23)8-10-17/h2-10,16,29H,11-13H2,1H3,(H,24,25)(H,26,30,31). The highest BCUT2D eigenvalue weighted by molar-refractivity contribution is 6.30. The number of benzene rings is 2. The zero-order valence-electron chi connectivity index (χ0n) is 17.3. The molecule has 0 fully saturated rings. The molecule has 0 amide bonds. The molecule has 3 N–H and O–H groups in total. The van der Waals surface area contributed by atoms with Crippen LogP contribution in [-0.2, 0) is 20.1 Å². The number of halogens is 1. The maximum atomic E-state index is 12.6. The van der Waals surface area contributed by atoms with Crippen LogP contribution in [0.5, 0.6) is 5.75 Å². The fourth-order valence-electron chi connectivity index (χ4n) is 3.31. The quantitative estimate of drug-likeness (QED) is 0.375. The van der Waals surface area contributed by atoms with Gasteiger partial charge in [-0.25, -0.2) is 4.79 Å². The number of H-pyrrole nitrogens is 1. The zero-order valence-corrected chi connectivity index (χ0v) is 18.0. The molecular formula is C22H22ClN5O4. The number of hydrogen-bond donors (Lipinski definition) is 3. The number of aliphatic hydroxyl groups excluding tert-OH is 1. The summed E-state index contributed by atoms with van der Waals surface area (Å²) >= 11 is 5.88. The molecule has 2 aromatic carbocycles. The fourth-order valence-corrected chi connectivity index (χ4v) is 3.44. The van der Waals surface area contributed by atoms with Crippen molar-refractivity contribution < 1.29 is 9.84 Å². The summed E-state index contributed by atoms with van der Waals surface area (Å²) in [5.74, 6) is 0.924. The van der Waals surface area contributed by atoms with Gasteiger partial charge in [0.25, 0.3) is 5.56 Å². The number of aromatic amines is 1. The van der Waals surface area contributed by atoms with Crippen LogP contribution in [0.4, 0.5) is 5.95 Å². The highest BCUT2D eigenvalue weighted by atomic mass is 35.5. The van der Waals surface area contributed by atoms with Crippen LogP contribution in [0, 0.1) is 0 Å². The minimum absolute atomic E-state index is 0.0108. The van der Waals surface area contributed by atoms with Crippen LogP contribution in [0.2, 0.25) is 5.02 Å². The highest BCUT2D eigenvalue weighted by Gasteiger charge is 2.20. The Bertz CT molecular complexity index is 1330. The number of imidazole rings is 1. The molecule has 4 aromatic rings. The number of ether oxygens (including phenoxy) is 1. The summed E-state index contributed by atoms with van der Waals surface area (Å²) in [7, 11) is 1.53. The average molecular weight is 456 g/mol. The summed E-state index contributed by atoms with van der Waals surface area (Å²) in [6.45, 7) is 0.471. The van der Waals surface area contributed by atoms with Gasteiger partial charge in [0, 0.05) is 18.6 Å². The Morgan fingerprint density at radius 3 is 2.59 bits per heavy atom. The molecule has 0 spiro atoms. The van der Waals surface area contributed by atoms with Gasteiger partial charge in [0.1, 0.15) is 18.5 Å². The average Bonchev–Trinajstić information content (AvgIpc) is 3.15. The molecule has 0 aliphatic rings. The summed E-state index contributed by atoms with van der Waals surface area (Å²) in [5.41, 5.74) is 0.288. The van der Waals surface area contributed by atoms with Crippen molar-refractivity contribution in [1.82, 2.24) is 19.1 Å². The van der Waals surface area contributed by atoms with E-state index in [1.54, 1.807) is 28.8 Å². The predicted octanol–water partition coefficient (Wildman–Crippen LogP) is 2.13. The summed E-state index contributed by atoms with van der Waals surface area (Å²) in [6, 6.07) is 16.5. The van der Waals surface area contributed by atoms with Gasteiger partial charge in [-0.3, -0.25) is 14.3 Å². The number of fused-ring (bicyclic) bond motifs is 1. The Morgan fingerprint density at radius 1 is 1.16 bits per heavy atom. The van der Waals surface area contributed by atoms with Gasteiger partial charge in [-0.1, -0.05) is 41.9 Å². The molecule has 0 saturated carbocycles. The summed E-state index contributed by atoms with van der Waals surface area (Å²) in [4.78, 5) is 31.3. The molecule has 0 aliphatic carbocycles. The zero-order chi connectivity index (χ0) is 22.7. The van der Waals surface area contributed by atoms with E-state index in [0.29, 0.717) is 23.3 Å². The van der Waals surface area contributed by atoms with E-state index in [1.807, 2.05) is 30.3 Å². The molecule has 1 atom stereocenters. The van der Waals surface area contributed by atoms with E-state index in [9.17, 15) is 14.7 Å². The SMILES string of the molecule is Cn1c(=O)[nH]c(=O)c2c1nc(NCc1ccccc1)n2CC(O)COc1ccc(Cl)cc1. The van der Waals surface area contributed by atoms with Gasteiger partial charge in [0.2, 0.25) is 5.95 Å². The van der Waals surface area contributed by atoms with Crippen LogP contribution < -0.4 is 21.3 Å². The van der Waals surface area contributed by atoms with Gasteiger partial charge in [0.15, 0.2) is 11.2 Å². The lowest BCUT2D eigenvalue weighted by Gasteiger charge is -2.16. The van der Waals surface area contributed by atoms with E-state index in [1.165, 1.54) is 11.6 Å². The summed E-state index contributed by atoms with van der Waals surface area (Å²) in [5, 5.41) is 14.4. The van der Waals surface area contributed by atoms with E-state index in [4.69, 9.17) is 16.3 Å². The molecule has 2 heterocycles. The fraction of sp³-hybridized carbons (Fsp3) is 0.227. The van der Waals surface area contributed by atoms with Crippen molar-refractivity contribution in [3.8, 4) is 5.75 Å². The highest BCUT2D eigenvalue weighted by Crippen LogP contribution is 2.19. The van der Waals surface area contributed by atoms with Crippen molar-refractivity contribution in [3.05, 3.63) is 86.0 Å². The van der Waals surface area contributed by atoms with Gasteiger partial charge >= 0.3 is 5.69 Å². The normalized spacial score (nSPS) is 12.1. The van der Waals surface area contributed by atoms with Crippen LogP contribution in [0.3, 0.4) is 0 Å². The van der Waals surface area contributed by atoms with Crippen LogP contribution in [0.25, 0.3) is 11.2 Å². The third-order valence-electron chi connectivity index (χ3n) is 4.95. The second kappa shape index (κ2) is 9.29. The van der Waals surface area contributed by atoms with Crippen LogP contribution in [-0.4, -0.2) is 36.9 Å². The maximum absolute atomic E-state index is 12.6. The van der Waals surface area contributed by atoms with E-state index in [0.717, 1.165) is 5.56 Å². The summed E-state index contributed by atoms with van der Waals surface area (Å²) < 4.78 is 8.45. The van der Waals surface area contributed by atoms with Gasteiger partial charge in [-0.15, -0.1) is 0 Å². The lowest BCUT2D eigenvalue weighted by molar-refractivity contribution is 0.0938. The topological polar surface area (TPSA) is 114 Å². The van der Waals surface area contributed by atoms with E-state index < -0.39 is 17.4 Å². The molecule has 2 aromatic heterocycles. The first-order chi connectivity index (χ1) is 15.4. The summed E-state index contributed by atoms with van der Waals surface area (Å²) in [6.07, 6.45) is -0.947. The largest absolute Gasteiger partial charge is 0.491 e. The number of aliphatic hydroxyl groups is 1. The van der Waals surface area contributed by atoms with Crippen molar-refractivity contribution in [2.45, 2.75) is 19.2 Å². The number of hydrogen-bond acceptors (Lipinski definition) is 6. The van der Waals surface area contributed by atoms with Crippen LogP contribution in [0.15, 0.2) is 64.2 Å². The van der Waals surface area contributed by atoms with Crippen LogP contribution >= 0.6 is 11.6 Å². The predicted molar refractivity (Wildman–Crippen MR) is 122 cm³/mol. The van der Waals surface area contributed by atoms with E-state index >= 15 is 0 Å². The molecule has 1 unspecified atom stereocenters. The molecule has 0 radical (unpaired) electrons. The second-order valence-electron chi connectivity index (χ2n) is 7.29. The first-order valence-corrected chi connectivity index (χ1v) is 10.3. The van der Waals surface area contributed by atoms with Gasteiger partial charge < -0.3 is 19.7 Å². The molecule has 0 bridgehead atoms. The molecule has 4 rings (SSSR count). The molecule has 166 valence electrons. The number of anilines is 1. The van der Waals surface area contributed by atoms with Gasteiger partial charge in [-0.05, 0) is 29.8 Å². The minimum Gasteiger partial charge on any atom is -0.491 e. The Morgan fingerprint density at radius 2 is 1.88 bits per heavy atom. The monoisotopic (exact) mass is 455 g/mol. The third-order valence-corrected chi connectivity index (χ3v) is 5.20. The molecule has 10 heteroatoms. The lowest BCUT2D eigenvalue weighted by atomic mass is 10.2. The minimum atomic E-state index is -0.947. The third kappa shape index (κ3) is 4.68. The molecule has 9 nitrogen and oxygen atoms in total. The Balaban J connectivity index is 1.61. The molecule has 0 aliphatic heterocycles. The van der Waals surface area contributed by atoms with Crippen molar-refractivity contribution in [3.63, 3.8) is 0 Å². The van der Waals surface area contributed by atoms with Gasteiger partial charge in [-0.2, -0.15) is 4.98 Å². The van der Waals surface area contributed by atoms with Crippen molar-refractivity contribution >= 4 is 28.7 Å². The first kappa shape index (κ1) is 21.7. The second-order valence-corrected chi connectivity index (χ2v) is 7.73. The first-order valence-electron chi connectivity index (χ1n) is 9.96. The molecule has 32 heavy (non-hydrogen) atoms. The smallest absolute Gasteiger partial charge is 0.329 e. The Hall–Kier alpha value is -3.56. The maximum Gasteiger partial charge on any atom is 0.329 e. The number of aromatic nitrogens is 4. The van der Waals surface area contributed by atoms with Crippen molar-refractivity contribution in [1.29, 1.82) is 0 Å². The van der Waals surface area contributed by atoms with E-state index in [-0.39, 0.29) is 24.3 Å². The Kier molecular flexibility index (Phi) is 6.29. The van der Waals surface area contributed by atoms with Gasteiger partial charge in [0.05, 0.1) is 6.54 Å². The molecule has 0 saturated heterocycles. The number of nitrogens with one attached hydrogen (secondary N) is 2. The van der Waals surface area contributed by atoms with Crippen LogP contribution in [0.1, 0.15) is 5.56 Å². The number of nitrogens with zero attached hydrogens (tertiary/aromatic N) is 3. The number of rotatable bonds is 8. The van der Waals surface area contributed by atoms with Crippen molar-refractivity contribution in [2.75, 3.05) is 11.9 Å². The van der Waals surface area contributed by atoms with Crippen molar-refractivity contribution in [2.24, 2.45) is 7.05 Å². The lowest BCUT2D eigenvalue weighted by Crippen LogP contribution is -2.30.